The van der Waals surface area contributed by atoms with E-state index in [-0.39, 0.29) is 12.4 Å². The van der Waals surface area contributed by atoms with Crippen LogP contribution in [0.2, 0.25) is 0 Å². The van der Waals surface area contributed by atoms with Crippen LogP contribution in [-0.2, 0) is 13.2 Å². The van der Waals surface area contributed by atoms with E-state index >= 15 is 0 Å². The highest BCUT2D eigenvalue weighted by Crippen LogP contribution is 2.26. The number of halogens is 1. The molecule has 2 rings (SSSR count). The van der Waals surface area contributed by atoms with E-state index in [4.69, 9.17) is 15.2 Å². The van der Waals surface area contributed by atoms with E-state index in [1.807, 2.05) is 26.0 Å². The predicted molar refractivity (Wildman–Crippen MR) is 81.1 cm³/mol. The summed E-state index contributed by atoms with van der Waals surface area (Å²) in [6, 6.07) is 8.74. The maximum Gasteiger partial charge on any atom is 0.133 e. The van der Waals surface area contributed by atoms with Crippen LogP contribution in [0.3, 0.4) is 0 Å². The highest BCUT2D eigenvalue weighted by Gasteiger charge is 2.09. The van der Waals surface area contributed by atoms with Crippen molar-refractivity contribution in [3.63, 3.8) is 0 Å². The zero-order valence-electron chi connectivity index (χ0n) is 12.6. The van der Waals surface area contributed by atoms with Gasteiger partial charge in [0.25, 0.3) is 0 Å². The summed E-state index contributed by atoms with van der Waals surface area (Å²) in [5.74, 6) is 0.946. The first-order valence-corrected chi connectivity index (χ1v) is 6.80. The van der Waals surface area contributed by atoms with E-state index in [0.717, 1.165) is 22.4 Å². The van der Waals surface area contributed by atoms with E-state index in [0.29, 0.717) is 17.9 Å². The fourth-order valence-corrected chi connectivity index (χ4v) is 2.31. The van der Waals surface area contributed by atoms with Gasteiger partial charge in [-0.3, -0.25) is 0 Å². The van der Waals surface area contributed by atoms with Crippen LogP contribution < -0.4 is 15.2 Å². The maximum atomic E-state index is 13.9. The zero-order chi connectivity index (χ0) is 15.4. The largest absolute Gasteiger partial charge is 0.497 e. The SMILES string of the molecule is COc1ccc(COc2c(C)cc(CN)cc2C)c(F)c1. The fourth-order valence-electron chi connectivity index (χ4n) is 2.31. The Labute approximate surface area is 124 Å². The number of rotatable bonds is 5. The topological polar surface area (TPSA) is 44.5 Å². The minimum Gasteiger partial charge on any atom is -0.497 e. The lowest BCUT2D eigenvalue weighted by molar-refractivity contribution is 0.295. The molecule has 0 fully saturated rings. The summed E-state index contributed by atoms with van der Waals surface area (Å²) >= 11 is 0. The third-order valence-corrected chi connectivity index (χ3v) is 3.39. The first-order valence-electron chi connectivity index (χ1n) is 6.80. The fraction of sp³-hybridized carbons (Fsp3) is 0.294. The molecule has 4 heteroatoms. The van der Waals surface area contributed by atoms with Crippen LogP contribution in [0.15, 0.2) is 30.3 Å². The molecule has 2 aromatic rings. The molecule has 0 atom stereocenters. The number of hydrogen-bond acceptors (Lipinski definition) is 3. The average molecular weight is 289 g/mol. The van der Waals surface area contributed by atoms with Gasteiger partial charge in [-0.25, -0.2) is 4.39 Å². The molecule has 2 aromatic carbocycles. The molecule has 0 aromatic heterocycles. The van der Waals surface area contributed by atoms with Crippen LogP contribution in [0, 0.1) is 19.7 Å². The minimum atomic E-state index is -0.330. The van der Waals surface area contributed by atoms with Crippen molar-refractivity contribution in [2.45, 2.75) is 27.0 Å². The van der Waals surface area contributed by atoms with E-state index in [2.05, 4.69) is 0 Å². The van der Waals surface area contributed by atoms with Crippen molar-refractivity contribution < 1.29 is 13.9 Å². The smallest absolute Gasteiger partial charge is 0.133 e. The highest BCUT2D eigenvalue weighted by molar-refractivity contribution is 5.43. The van der Waals surface area contributed by atoms with Crippen LogP contribution in [0.1, 0.15) is 22.3 Å². The van der Waals surface area contributed by atoms with Crippen LogP contribution in [0.5, 0.6) is 11.5 Å². The van der Waals surface area contributed by atoms with Gasteiger partial charge < -0.3 is 15.2 Å². The van der Waals surface area contributed by atoms with Crippen molar-refractivity contribution in [3.8, 4) is 11.5 Å². The quantitative estimate of drug-likeness (QED) is 0.916. The third kappa shape index (κ3) is 3.52. The van der Waals surface area contributed by atoms with Crippen LogP contribution >= 0.6 is 0 Å². The number of ether oxygens (including phenoxy) is 2. The second kappa shape index (κ2) is 6.59. The van der Waals surface area contributed by atoms with Crippen LogP contribution in [0.4, 0.5) is 4.39 Å². The molecule has 0 bridgehead atoms. The summed E-state index contributed by atoms with van der Waals surface area (Å²) in [6.07, 6.45) is 0. The molecule has 0 spiro atoms. The summed E-state index contributed by atoms with van der Waals surface area (Å²) in [5, 5.41) is 0. The van der Waals surface area contributed by atoms with E-state index < -0.39 is 0 Å². The third-order valence-electron chi connectivity index (χ3n) is 3.39. The Morgan fingerprint density at radius 3 is 2.29 bits per heavy atom. The maximum absolute atomic E-state index is 13.9. The lowest BCUT2D eigenvalue weighted by Crippen LogP contribution is -2.03. The summed E-state index contributed by atoms with van der Waals surface area (Å²) in [6.45, 7) is 4.60. The Morgan fingerprint density at radius 2 is 1.76 bits per heavy atom. The number of hydrogen-bond donors (Lipinski definition) is 1. The molecule has 0 saturated carbocycles. The van der Waals surface area contributed by atoms with Gasteiger partial charge in [-0.05, 0) is 42.7 Å². The molecule has 0 saturated heterocycles. The van der Waals surface area contributed by atoms with Crippen molar-refractivity contribution in [2.24, 2.45) is 5.73 Å². The second-order valence-electron chi connectivity index (χ2n) is 5.01. The van der Waals surface area contributed by atoms with E-state index in [9.17, 15) is 4.39 Å². The number of aryl methyl sites for hydroxylation is 2. The Bertz CT molecular complexity index is 618. The van der Waals surface area contributed by atoms with E-state index in [1.165, 1.54) is 13.2 Å². The Morgan fingerprint density at radius 1 is 1.10 bits per heavy atom. The van der Waals surface area contributed by atoms with Gasteiger partial charge >= 0.3 is 0 Å². The molecule has 0 aliphatic rings. The number of nitrogens with two attached hydrogens (primary N) is 1. The Kier molecular flexibility index (Phi) is 4.81. The van der Waals surface area contributed by atoms with Crippen molar-refractivity contribution >= 4 is 0 Å². The molecule has 0 aliphatic heterocycles. The molecule has 21 heavy (non-hydrogen) atoms. The predicted octanol–water partition coefficient (Wildman–Crippen LogP) is 3.49. The van der Waals surface area contributed by atoms with Crippen molar-refractivity contribution in [1.29, 1.82) is 0 Å². The first kappa shape index (κ1) is 15.3. The van der Waals surface area contributed by atoms with Crippen molar-refractivity contribution in [3.05, 3.63) is 58.4 Å². The molecule has 0 heterocycles. The Balaban J connectivity index is 2.17. The van der Waals surface area contributed by atoms with Gasteiger partial charge in [0, 0.05) is 18.2 Å². The molecular formula is C17H20FNO2. The molecule has 0 radical (unpaired) electrons. The van der Waals surface area contributed by atoms with Crippen molar-refractivity contribution in [2.75, 3.05) is 7.11 Å². The van der Waals surface area contributed by atoms with Crippen molar-refractivity contribution in [1.82, 2.24) is 0 Å². The van der Waals surface area contributed by atoms with Crippen LogP contribution in [-0.4, -0.2) is 7.11 Å². The lowest BCUT2D eigenvalue weighted by Gasteiger charge is -2.14. The summed E-state index contributed by atoms with van der Waals surface area (Å²) in [7, 11) is 1.51. The van der Waals surface area contributed by atoms with Gasteiger partial charge in [0.2, 0.25) is 0 Å². The van der Waals surface area contributed by atoms with Gasteiger partial charge in [0.1, 0.15) is 23.9 Å². The number of benzene rings is 2. The normalized spacial score (nSPS) is 10.5. The molecule has 3 nitrogen and oxygen atoms in total. The molecule has 112 valence electrons. The van der Waals surface area contributed by atoms with Gasteiger partial charge in [-0.2, -0.15) is 0 Å². The number of methoxy groups -OCH3 is 1. The van der Waals surface area contributed by atoms with Gasteiger partial charge in [-0.15, -0.1) is 0 Å². The highest BCUT2D eigenvalue weighted by atomic mass is 19.1. The van der Waals surface area contributed by atoms with Gasteiger partial charge in [0.05, 0.1) is 7.11 Å². The monoisotopic (exact) mass is 289 g/mol. The molecule has 0 unspecified atom stereocenters. The van der Waals surface area contributed by atoms with Gasteiger partial charge in [-0.1, -0.05) is 12.1 Å². The molecule has 0 amide bonds. The average Bonchev–Trinajstić information content (AvgIpc) is 2.47. The standard InChI is InChI=1S/C17H20FNO2/c1-11-6-13(9-19)7-12(2)17(11)21-10-14-4-5-15(20-3)8-16(14)18/h4-8H,9-10,19H2,1-3H3. The summed E-state index contributed by atoms with van der Waals surface area (Å²) < 4.78 is 24.7. The van der Waals surface area contributed by atoms with Gasteiger partial charge in [0.15, 0.2) is 0 Å². The second-order valence-corrected chi connectivity index (χ2v) is 5.01. The zero-order valence-corrected chi connectivity index (χ0v) is 12.6. The molecular weight excluding hydrogens is 269 g/mol. The molecule has 0 aliphatic carbocycles. The van der Waals surface area contributed by atoms with E-state index in [1.54, 1.807) is 12.1 Å². The minimum absolute atomic E-state index is 0.180. The lowest BCUT2D eigenvalue weighted by atomic mass is 10.1. The molecule has 2 N–H and O–H groups in total. The summed E-state index contributed by atoms with van der Waals surface area (Å²) in [4.78, 5) is 0. The summed E-state index contributed by atoms with van der Waals surface area (Å²) in [5.41, 5.74) is 9.22. The first-order chi connectivity index (χ1) is 10.0. The van der Waals surface area contributed by atoms with Crippen LogP contribution in [0.25, 0.3) is 0 Å². The Hall–Kier alpha value is -2.07.